The molecule has 1 aromatic rings. The lowest BCUT2D eigenvalue weighted by Gasteiger charge is -1.91. The summed E-state index contributed by atoms with van der Waals surface area (Å²) in [6.45, 7) is 4.24. The van der Waals surface area contributed by atoms with Crippen LogP contribution in [-0.2, 0) is 18.6 Å². The van der Waals surface area contributed by atoms with E-state index in [0.29, 0.717) is 6.42 Å². The fraction of sp³-hybridized carbons (Fsp3) is 0.600. The summed E-state index contributed by atoms with van der Waals surface area (Å²) < 4.78 is 0. The third-order valence-electron chi connectivity index (χ3n) is 1.83. The van der Waals surface area contributed by atoms with E-state index in [4.69, 9.17) is 5.26 Å². The lowest BCUT2D eigenvalue weighted by molar-refractivity contribution is 1.01. The topological polar surface area (TPSA) is 36.7 Å². The zero-order valence-electron chi connectivity index (χ0n) is 8.54. The van der Waals surface area contributed by atoms with Crippen LogP contribution in [0.4, 0.5) is 0 Å². The molecule has 0 aliphatic heterocycles. The minimum atomic E-state index is 0.512. The van der Waals surface area contributed by atoms with Gasteiger partial charge in [-0.25, -0.2) is 4.98 Å². The molecular weight excluding hydrogens is 212 g/mol. The molecule has 0 bridgehead atoms. The fourth-order valence-corrected chi connectivity index (χ4v) is 2.99. The Bertz CT molecular complexity index is 325. The van der Waals surface area contributed by atoms with E-state index in [-0.39, 0.29) is 0 Å². The highest BCUT2D eigenvalue weighted by Gasteiger charge is 2.08. The quantitative estimate of drug-likeness (QED) is 0.774. The summed E-state index contributed by atoms with van der Waals surface area (Å²) in [6, 6.07) is 2.19. The highest BCUT2D eigenvalue weighted by atomic mass is 32.2. The smallest absolute Gasteiger partial charge is 0.103 e. The normalized spacial score (nSPS) is 10.1. The van der Waals surface area contributed by atoms with Crippen LogP contribution in [0.25, 0.3) is 0 Å². The van der Waals surface area contributed by atoms with Crippen LogP contribution in [0, 0.1) is 11.3 Å². The molecule has 0 saturated carbocycles. The van der Waals surface area contributed by atoms with Crippen LogP contribution in [0.5, 0.6) is 0 Å². The van der Waals surface area contributed by atoms with Crippen LogP contribution in [0.3, 0.4) is 0 Å². The van der Waals surface area contributed by atoms with Gasteiger partial charge in [0.1, 0.15) is 5.01 Å². The highest BCUT2D eigenvalue weighted by Crippen LogP contribution is 2.23. The SMILES string of the molecule is CCSCc1nc(CC)c(CC#N)s1. The Kier molecular flexibility index (Phi) is 4.99. The summed E-state index contributed by atoms with van der Waals surface area (Å²) in [5.74, 6) is 2.11. The number of aryl methyl sites for hydroxylation is 1. The molecule has 0 spiro atoms. The maximum absolute atomic E-state index is 8.65. The minimum Gasteiger partial charge on any atom is -0.245 e. The van der Waals surface area contributed by atoms with Crippen molar-refractivity contribution in [1.29, 1.82) is 5.26 Å². The average Bonchev–Trinajstić information content (AvgIpc) is 2.58. The molecule has 2 nitrogen and oxygen atoms in total. The predicted molar refractivity (Wildman–Crippen MR) is 62.6 cm³/mol. The molecule has 0 aromatic carbocycles. The number of aromatic nitrogens is 1. The van der Waals surface area contributed by atoms with Crippen LogP contribution >= 0.6 is 23.1 Å². The first-order valence-corrected chi connectivity index (χ1v) is 6.71. The van der Waals surface area contributed by atoms with Gasteiger partial charge in [-0.1, -0.05) is 13.8 Å². The van der Waals surface area contributed by atoms with Gasteiger partial charge in [0.15, 0.2) is 0 Å². The Hall–Kier alpha value is -0.530. The summed E-state index contributed by atoms with van der Waals surface area (Å²) in [5, 5.41) is 9.81. The molecule has 0 radical (unpaired) electrons. The molecule has 0 fully saturated rings. The van der Waals surface area contributed by atoms with Gasteiger partial charge in [-0.05, 0) is 12.2 Å². The number of hydrogen-bond donors (Lipinski definition) is 0. The van der Waals surface area contributed by atoms with E-state index in [1.807, 2.05) is 11.8 Å². The maximum atomic E-state index is 8.65. The molecular formula is C10H14N2S2. The molecule has 76 valence electrons. The van der Waals surface area contributed by atoms with Crippen molar-refractivity contribution < 1.29 is 0 Å². The first-order valence-electron chi connectivity index (χ1n) is 4.73. The molecule has 0 aliphatic rings. The van der Waals surface area contributed by atoms with E-state index in [1.165, 1.54) is 5.01 Å². The molecule has 0 amide bonds. The first kappa shape index (κ1) is 11.5. The van der Waals surface area contributed by atoms with Gasteiger partial charge < -0.3 is 0 Å². The Morgan fingerprint density at radius 3 is 2.86 bits per heavy atom. The van der Waals surface area contributed by atoms with E-state index in [2.05, 4.69) is 24.9 Å². The molecule has 1 aromatic heterocycles. The third kappa shape index (κ3) is 3.00. The van der Waals surface area contributed by atoms with Crippen molar-refractivity contribution in [3.63, 3.8) is 0 Å². The average molecular weight is 226 g/mol. The van der Waals surface area contributed by atoms with E-state index >= 15 is 0 Å². The van der Waals surface area contributed by atoms with Gasteiger partial charge >= 0.3 is 0 Å². The molecule has 14 heavy (non-hydrogen) atoms. The highest BCUT2D eigenvalue weighted by molar-refractivity contribution is 7.98. The zero-order valence-corrected chi connectivity index (χ0v) is 10.2. The van der Waals surface area contributed by atoms with Crippen molar-refractivity contribution in [2.24, 2.45) is 0 Å². The van der Waals surface area contributed by atoms with Gasteiger partial charge in [0.25, 0.3) is 0 Å². The lowest BCUT2D eigenvalue weighted by atomic mass is 10.2. The fourth-order valence-electron chi connectivity index (χ4n) is 1.17. The summed E-state index contributed by atoms with van der Waals surface area (Å²) in [5.41, 5.74) is 1.11. The van der Waals surface area contributed by atoms with Crippen LogP contribution < -0.4 is 0 Å². The van der Waals surface area contributed by atoms with Crippen molar-refractivity contribution in [2.45, 2.75) is 32.4 Å². The first-order chi connectivity index (χ1) is 6.81. The molecule has 0 saturated heterocycles. The molecule has 0 N–H and O–H groups in total. The van der Waals surface area contributed by atoms with Crippen LogP contribution in [0.15, 0.2) is 0 Å². The second kappa shape index (κ2) is 6.05. The van der Waals surface area contributed by atoms with E-state index in [0.717, 1.165) is 28.5 Å². The van der Waals surface area contributed by atoms with Crippen molar-refractivity contribution in [1.82, 2.24) is 4.98 Å². The van der Waals surface area contributed by atoms with E-state index < -0.39 is 0 Å². The van der Waals surface area contributed by atoms with E-state index in [9.17, 15) is 0 Å². The largest absolute Gasteiger partial charge is 0.245 e. The van der Waals surface area contributed by atoms with E-state index in [1.54, 1.807) is 11.3 Å². The second-order valence-electron chi connectivity index (χ2n) is 2.80. The Morgan fingerprint density at radius 1 is 1.50 bits per heavy atom. The Morgan fingerprint density at radius 2 is 2.29 bits per heavy atom. The van der Waals surface area contributed by atoms with Crippen LogP contribution in [0.1, 0.15) is 29.4 Å². The minimum absolute atomic E-state index is 0.512. The Labute approximate surface area is 93.4 Å². The van der Waals surface area contributed by atoms with Gasteiger partial charge in [-0.3, -0.25) is 0 Å². The van der Waals surface area contributed by atoms with Gasteiger partial charge in [0, 0.05) is 10.6 Å². The number of nitrogens with zero attached hydrogens (tertiary/aromatic N) is 2. The van der Waals surface area contributed by atoms with Crippen molar-refractivity contribution in [3.8, 4) is 6.07 Å². The summed E-state index contributed by atoms with van der Waals surface area (Å²) >= 11 is 3.57. The monoisotopic (exact) mass is 226 g/mol. The summed E-state index contributed by atoms with van der Waals surface area (Å²) in [4.78, 5) is 5.69. The molecule has 0 aliphatic carbocycles. The number of rotatable bonds is 5. The second-order valence-corrected chi connectivity index (χ2v) is 5.25. The lowest BCUT2D eigenvalue weighted by Crippen LogP contribution is -1.87. The number of thioether (sulfide) groups is 1. The standard InChI is InChI=1S/C10H14N2S2/c1-3-8-9(5-6-11)14-10(12-8)7-13-4-2/h3-5,7H2,1-2H3. The van der Waals surface area contributed by atoms with Gasteiger partial charge in [0.2, 0.25) is 0 Å². The zero-order chi connectivity index (χ0) is 10.4. The molecule has 0 unspecified atom stereocenters. The maximum Gasteiger partial charge on any atom is 0.103 e. The van der Waals surface area contributed by atoms with Crippen LogP contribution in [0.2, 0.25) is 0 Å². The van der Waals surface area contributed by atoms with Crippen molar-refractivity contribution >= 4 is 23.1 Å². The number of nitriles is 1. The predicted octanol–water partition coefficient (Wildman–Crippen LogP) is 3.02. The Balaban J connectivity index is 2.73. The summed E-state index contributed by atoms with van der Waals surface area (Å²) in [6.07, 6.45) is 1.45. The third-order valence-corrected chi connectivity index (χ3v) is 3.99. The number of thiazole rings is 1. The van der Waals surface area contributed by atoms with Crippen molar-refractivity contribution in [3.05, 3.63) is 15.6 Å². The molecule has 1 rings (SSSR count). The molecule has 1 heterocycles. The van der Waals surface area contributed by atoms with Crippen molar-refractivity contribution in [2.75, 3.05) is 5.75 Å². The molecule has 4 heteroatoms. The number of hydrogen-bond acceptors (Lipinski definition) is 4. The van der Waals surface area contributed by atoms with Crippen LogP contribution in [-0.4, -0.2) is 10.7 Å². The summed E-state index contributed by atoms with van der Waals surface area (Å²) in [7, 11) is 0. The van der Waals surface area contributed by atoms with Gasteiger partial charge in [-0.2, -0.15) is 17.0 Å². The van der Waals surface area contributed by atoms with Gasteiger partial charge in [-0.15, -0.1) is 11.3 Å². The molecule has 0 atom stereocenters. The van der Waals surface area contributed by atoms with Gasteiger partial charge in [0.05, 0.1) is 18.2 Å².